The van der Waals surface area contributed by atoms with Gasteiger partial charge in [0.2, 0.25) is 11.1 Å². The Morgan fingerprint density at radius 1 is 1.55 bits per heavy atom. The number of aromatic nitrogens is 2. The molecule has 2 aromatic rings. The maximum absolute atomic E-state index is 11.1. The van der Waals surface area contributed by atoms with E-state index in [0.717, 1.165) is 5.76 Å². The molecule has 106 valence electrons. The highest BCUT2D eigenvalue weighted by Crippen LogP contribution is 2.27. The van der Waals surface area contributed by atoms with Gasteiger partial charge >= 0.3 is 5.69 Å². The third-order valence-corrected chi connectivity index (χ3v) is 2.85. The van der Waals surface area contributed by atoms with E-state index in [-0.39, 0.29) is 28.5 Å². The summed E-state index contributed by atoms with van der Waals surface area (Å²) in [5, 5.41) is 14.0. The standard InChI is InChI=1S/C12H13ClN4O3/c1-7(6-9-4-3-5-20-9)14-11-10(17(18)19)8(2)15-12(13)16-11/h3-5,7H,6H2,1-2H3,(H,14,15,16). The van der Waals surface area contributed by atoms with Crippen molar-refractivity contribution in [1.82, 2.24) is 9.97 Å². The Morgan fingerprint density at radius 3 is 2.90 bits per heavy atom. The smallest absolute Gasteiger partial charge is 0.332 e. The van der Waals surface area contributed by atoms with Crippen LogP contribution in [0.2, 0.25) is 5.28 Å². The molecule has 2 aromatic heterocycles. The van der Waals surface area contributed by atoms with Crippen LogP contribution in [0.4, 0.5) is 11.5 Å². The number of aryl methyl sites for hydroxylation is 1. The second-order valence-electron chi connectivity index (χ2n) is 4.36. The molecular weight excluding hydrogens is 284 g/mol. The second-order valence-corrected chi connectivity index (χ2v) is 4.70. The first-order chi connectivity index (χ1) is 9.47. The predicted octanol–water partition coefficient (Wildman–Crippen LogP) is 2.98. The third-order valence-electron chi connectivity index (χ3n) is 2.68. The summed E-state index contributed by atoms with van der Waals surface area (Å²) in [6.45, 7) is 3.39. The Labute approximate surface area is 120 Å². The van der Waals surface area contributed by atoms with Crippen LogP contribution in [0.15, 0.2) is 22.8 Å². The van der Waals surface area contributed by atoms with Crippen molar-refractivity contribution in [3.63, 3.8) is 0 Å². The molecule has 20 heavy (non-hydrogen) atoms. The molecule has 0 aromatic carbocycles. The number of anilines is 1. The van der Waals surface area contributed by atoms with Crippen LogP contribution < -0.4 is 5.32 Å². The van der Waals surface area contributed by atoms with E-state index in [1.165, 1.54) is 6.92 Å². The molecule has 2 rings (SSSR count). The van der Waals surface area contributed by atoms with Crippen LogP contribution in [0.3, 0.4) is 0 Å². The van der Waals surface area contributed by atoms with Crippen LogP contribution in [0.5, 0.6) is 0 Å². The third kappa shape index (κ3) is 3.24. The molecular formula is C12H13ClN4O3. The lowest BCUT2D eigenvalue weighted by atomic mass is 10.2. The molecule has 7 nitrogen and oxygen atoms in total. The van der Waals surface area contributed by atoms with Gasteiger partial charge in [0.25, 0.3) is 0 Å². The van der Waals surface area contributed by atoms with Crippen LogP contribution >= 0.6 is 11.6 Å². The largest absolute Gasteiger partial charge is 0.469 e. The van der Waals surface area contributed by atoms with E-state index >= 15 is 0 Å². The molecule has 0 radical (unpaired) electrons. The molecule has 0 aliphatic carbocycles. The molecule has 0 aliphatic heterocycles. The van der Waals surface area contributed by atoms with Crippen molar-refractivity contribution < 1.29 is 9.34 Å². The lowest BCUT2D eigenvalue weighted by molar-refractivity contribution is -0.385. The van der Waals surface area contributed by atoms with Gasteiger partial charge in [-0.3, -0.25) is 10.1 Å². The molecule has 1 atom stereocenters. The minimum absolute atomic E-state index is 0.0270. The highest BCUT2D eigenvalue weighted by Gasteiger charge is 2.23. The van der Waals surface area contributed by atoms with Crippen molar-refractivity contribution in [1.29, 1.82) is 0 Å². The number of nitrogens with zero attached hydrogens (tertiary/aromatic N) is 3. The molecule has 0 bridgehead atoms. The second kappa shape index (κ2) is 5.87. The summed E-state index contributed by atoms with van der Waals surface area (Å²) in [5.41, 5.74) is 0.0587. The first kappa shape index (κ1) is 14.3. The van der Waals surface area contributed by atoms with Gasteiger partial charge in [-0.05, 0) is 37.6 Å². The Balaban J connectivity index is 2.21. The van der Waals surface area contributed by atoms with Gasteiger partial charge in [0.05, 0.1) is 11.2 Å². The maximum atomic E-state index is 11.1. The molecule has 8 heteroatoms. The molecule has 0 saturated heterocycles. The zero-order valence-corrected chi connectivity index (χ0v) is 11.7. The van der Waals surface area contributed by atoms with Gasteiger partial charge in [-0.1, -0.05) is 0 Å². The Bertz CT molecular complexity index is 615. The molecule has 0 saturated carbocycles. The Hall–Kier alpha value is -2.15. The summed E-state index contributed by atoms with van der Waals surface area (Å²) < 4.78 is 5.23. The zero-order chi connectivity index (χ0) is 14.7. The lowest BCUT2D eigenvalue weighted by Crippen LogP contribution is -2.20. The number of hydrogen-bond donors (Lipinski definition) is 1. The number of hydrogen-bond acceptors (Lipinski definition) is 6. The van der Waals surface area contributed by atoms with Crippen LogP contribution in [-0.2, 0) is 6.42 Å². The summed E-state index contributed by atoms with van der Waals surface area (Å²) in [7, 11) is 0. The van der Waals surface area contributed by atoms with Crippen molar-refractivity contribution in [3.8, 4) is 0 Å². The van der Waals surface area contributed by atoms with Gasteiger partial charge in [0.1, 0.15) is 11.5 Å². The van der Waals surface area contributed by atoms with Gasteiger partial charge in [-0.25, -0.2) is 4.98 Å². The fraction of sp³-hybridized carbons (Fsp3) is 0.333. The minimum atomic E-state index is -0.520. The number of nitro groups is 1. The maximum Gasteiger partial charge on any atom is 0.332 e. The molecule has 0 spiro atoms. The van der Waals surface area contributed by atoms with Crippen LogP contribution in [0, 0.1) is 17.0 Å². The van der Waals surface area contributed by atoms with Gasteiger partial charge < -0.3 is 9.73 Å². The van der Waals surface area contributed by atoms with Crippen molar-refractivity contribution in [2.24, 2.45) is 0 Å². The molecule has 1 unspecified atom stereocenters. The summed E-state index contributed by atoms with van der Waals surface area (Å²) in [6.07, 6.45) is 2.15. The van der Waals surface area contributed by atoms with Crippen molar-refractivity contribution >= 4 is 23.1 Å². The Morgan fingerprint density at radius 2 is 2.30 bits per heavy atom. The lowest BCUT2D eigenvalue weighted by Gasteiger charge is -2.13. The average molecular weight is 297 g/mol. The molecule has 1 N–H and O–H groups in total. The van der Waals surface area contributed by atoms with E-state index in [1.54, 1.807) is 12.3 Å². The monoisotopic (exact) mass is 296 g/mol. The molecule has 0 aliphatic rings. The van der Waals surface area contributed by atoms with E-state index < -0.39 is 4.92 Å². The van der Waals surface area contributed by atoms with Crippen LogP contribution in [-0.4, -0.2) is 20.9 Å². The fourth-order valence-electron chi connectivity index (χ4n) is 1.87. The molecule has 2 heterocycles. The number of furan rings is 1. The summed E-state index contributed by atoms with van der Waals surface area (Å²) in [6, 6.07) is 3.52. The number of rotatable bonds is 5. The highest BCUT2D eigenvalue weighted by atomic mass is 35.5. The average Bonchev–Trinajstić information content (AvgIpc) is 2.79. The summed E-state index contributed by atoms with van der Waals surface area (Å²) >= 11 is 5.75. The van der Waals surface area contributed by atoms with Crippen molar-refractivity contribution in [2.75, 3.05) is 5.32 Å². The Kier molecular flexibility index (Phi) is 4.19. The van der Waals surface area contributed by atoms with Crippen LogP contribution in [0.1, 0.15) is 18.4 Å². The van der Waals surface area contributed by atoms with Gasteiger partial charge in [0.15, 0.2) is 0 Å². The summed E-state index contributed by atoms with van der Waals surface area (Å²) in [4.78, 5) is 18.2. The van der Waals surface area contributed by atoms with E-state index in [9.17, 15) is 10.1 Å². The van der Waals surface area contributed by atoms with Gasteiger partial charge in [-0.2, -0.15) is 4.98 Å². The van der Waals surface area contributed by atoms with E-state index in [4.69, 9.17) is 16.0 Å². The van der Waals surface area contributed by atoms with Gasteiger partial charge in [0, 0.05) is 12.5 Å². The topological polar surface area (TPSA) is 94.1 Å². The quantitative estimate of drug-likeness (QED) is 0.518. The first-order valence-corrected chi connectivity index (χ1v) is 6.32. The SMILES string of the molecule is Cc1nc(Cl)nc(NC(C)Cc2ccco2)c1[N+](=O)[O-]. The molecule has 0 amide bonds. The minimum Gasteiger partial charge on any atom is -0.469 e. The number of nitrogens with one attached hydrogen (secondary N) is 1. The summed E-state index contributed by atoms with van der Waals surface area (Å²) in [5.74, 6) is 0.899. The fourth-order valence-corrected chi connectivity index (χ4v) is 2.08. The zero-order valence-electron chi connectivity index (χ0n) is 11.0. The predicted molar refractivity (Wildman–Crippen MR) is 73.9 cm³/mol. The normalized spacial score (nSPS) is 12.2. The van der Waals surface area contributed by atoms with Crippen LogP contribution in [0.25, 0.3) is 0 Å². The van der Waals surface area contributed by atoms with E-state index in [2.05, 4.69) is 15.3 Å². The highest BCUT2D eigenvalue weighted by molar-refractivity contribution is 6.28. The van der Waals surface area contributed by atoms with E-state index in [0.29, 0.717) is 6.42 Å². The number of halogens is 1. The van der Waals surface area contributed by atoms with Crippen molar-refractivity contribution in [2.45, 2.75) is 26.3 Å². The van der Waals surface area contributed by atoms with E-state index in [1.807, 2.05) is 13.0 Å². The van der Waals surface area contributed by atoms with Crippen molar-refractivity contribution in [3.05, 3.63) is 45.2 Å². The molecule has 0 fully saturated rings. The van der Waals surface area contributed by atoms with Gasteiger partial charge in [-0.15, -0.1) is 0 Å². The first-order valence-electron chi connectivity index (χ1n) is 5.95.